The van der Waals surface area contributed by atoms with Crippen LogP contribution in [0.1, 0.15) is 0 Å². The lowest BCUT2D eigenvalue weighted by molar-refractivity contribution is 0.200. The lowest BCUT2D eigenvalue weighted by atomic mass is 10.0. The minimum atomic E-state index is 0.442. The van der Waals surface area contributed by atoms with Crippen LogP contribution in [0.3, 0.4) is 0 Å². The summed E-state index contributed by atoms with van der Waals surface area (Å²) in [5, 5.41) is 9.65. The number of rotatable bonds is 7. The van der Waals surface area contributed by atoms with E-state index < -0.39 is 0 Å². The van der Waals surface area contributed by atoms with Crippen molar-refractivity contribution in [2.45, 2.75) is 16.7 Å². The molecule has 5 nitrogen and oxygen atoms in total. The highest BCUT2D eigenvalue weighted by Crippen LogP contribution is 2.44. The van der Waals surface area contributed by atoms with Crippen LogP contribution in [0.5, 0.6) is 0 Å². The summed E-state index contributed by atoms with van der Waals surface area (Å²) in [6.45, 7) is 7.03. The number of nitrogens with zero attached hydrogens (tertiary/aromatic N) is 2. The second-order valence-electron chi connectivity index (χ2n) is 5.05. The molecule has 0 aromatic carbocycles. The molecule has 6 heteroatoms. The van der Waals surface area contributed by atoms with Crippen molar-refractivity contribution >= 4 is 11.8 Å². The molecule has 0 radical (unpaired) electrons. The second kappa shape index (κ2) is 7.20. The zero-order chi connectivity index (χ0) is 14.5. The highest BCUT2D eigenvalue weighted by Gasteiger charge is 2.47. The Labute approximate surface area is 126 Å². The van der Waals surface area contributed by atoms with E-state index in [4.69, 9.17) is 0 Å². The van der Waals surface area contributed by atoms with Gasteiger partial charge in [-0.2, -0.15) is 0 Å². The normalized spacial score (nSPS) is 27.9. The van der Waals surface area contributed by atoms with Crippen molar-refractivity contribution in [2.75, 3.05) is 40.8 Å². The zero-order valence-corrected chi connectivity index (χ0v) is 13.3. The molecule has 2 aliphatic rings. The first-order valence-corrected chi connectivity index (χ1v) is 7.92. The Morgan fingerprint density at radius 3 is 3.05 bits per heavy atom. The van der Waals surface area contributed by atoms with Gasteiger partial charge in [0.2, 0.25) is 0 Å². The molecule has 0 aromatic rings. The van der Waals surface area contributed by atoms with Crippen LogP contribution in [0.25, 0.3) is 0 Å². The van der Waals surface area contributed by atoms with E-state index in [9.17, 15) is 0 Å². The Bertz CT molecular complexity index is 404. The number of hydrogen-bond acceptors (Lipinski definition) is 6. The second-order valence-corrected chi connectivity index (χ2v) is 6.41. The minimum absolute atomic E-state index is 0.442. The molecule has 0 aromatic heterocycles. The van der Waals surface area contributed by atoms with Crippen LogP contribution in [0.4, 0.5) is 0 Å². The Morgan fingerprint density at radius 1 is 1.55 bits per heavy atom. The predicted octanol–water partition coefficient (Wildman–Crippen LogP) is 0.170. The largest absolute Gasteiger partial charge is 0.383 e. The third kappa shape index (κ3) is 3.40. The Morgan fingerprint density at radius 2 is 2.35 bits per heavy atom. The van der Waals surface area contributed by atoms with Crippen LogP contribution in [-0.4, -0.2) is 67.4 Å². The number of likely N-dealkylation sites (N-methyl/N-ethyl adjacent to an activating group) is 2. The van der Waals surface area contributed by atoms with Crippen molar-refractivity contribution in [1.29, 1.82) is 0 Å². The SMILES string of the molecule is C=C1[C@@H](NC)C2S[C@@H](C=C=CNCCN(C)NC)CN12. The summed E-state index contributed by atoms with van der Waals surface area (Å²) in [5.74, 6) is 0. The van der Waals surface area contributed by atoms with Gasteiger partial charge in [0.25, 0.3) is 0 Å². The molecule has 112 valence electrons. The molecule has 2 rings (SSSR count). The van der Waals surface area contributed by atoms with Crippen molar-refractivity contribution in [3.8, 4) is 0 Å². The summed E-state index contributed by atoms with van der Waals surface area (Å²) in [6, 6.07) is 0.442. The highest BCUT2D eigenvalue weighted by atomic mass is 32.2. The minimum Gasteiger partial charge on any atom is -0.383 e. The van der Waals surface area contributed by atoms with Gasteiger partial charge in [-0.3, -0.25) is 5.43 Å². The fraction of sp³-hybridized carbons (Fsp3) is 0.643. The third-order valence-corrected chi connectivity index (χ3v) is 5.20. The van der Waals surface area contributed by atoms with Gasteiger partial charge in [0.1, 0.15) is 0 Å². The van der Waals surface area contributed by atoms with Gasteiger partial charge in [-0.1, -0.05) is 6.58 Å². The van der Waals surface area contributed by atoms with Crippen LogP contribution < -0.4 is 16.1 Å². The van der Waals surface area contributed by atoms with E-state index in [-0.39, 0.29) is 0 Å². The summed E-state index contributed by atoms with van der Waals surface area (Å²) in [7, 11) is 5.94. The molecule has 0 amide bonds. The molecule has 2 heterocycles. The maximum Gasteiger partial charge on any atom is 0.0964 e. The van der Waals surface area contributed by atoms with Crippen molar-refractivity contribution in [3.05, 3.63) is 30.3 Å². The van der Waals surface area contributed by atoms with E-state index in [1.807, 2.05) is 44.1 Å². The maximum atomic E-state index is 4.12. The van der Waals surface area contributed by atoms with E-state index in [0.717, 1.165) is 19.6 Å². The van der Waals surface area contributed by atoms with Gasteiger partial charge in [-0.05, 0) is 20.2 Å². The molecule has 0 bridgehead atoms. The molecule has 3 N–H and O–H groups in total. The Balaban J connectivity index is 1.70. The molecule has 1 unspecified atom stereocenters. The summed E-state index contributed by atoms with van der Waals surface area (Å²) >= 11 is 1.99. The highest BCUT2D eigenvalue weighted by molar-refractivity contribution is 8.01. The third-order valence-electron chi connectivity index (χ3n) is 3.76. The average Bonchev–Trinajstić information content (AvgIpc) is 2.82. The van der Waals surface area contributed by atoms with Crippen molar-refractivity contribution < 1.29 is 0 Å². The van der Waals surface area contributed by atoms with Gasteiger partial charge in [-0.25, -0.2) is 5.01 Å². The quantitative estimate of drug-likeness (QED) is 0.353. The molecule has 0 spiro atoms. The van der Waals surface area contributed by atoms with Crippen molar-refractivity contribution in [3.63, 3.8) is 0 Å². The topological polar surface area (TPSA) is 42.6 Å². The molecule has 0 saturated carbocycles. The van der Waals surface area contributed by atoms with Crippen LogP contribution in [0.2, 0.25) is 0 Å². The van der Waals surface area contributed by atoms with Crippen LogP contribution >= 0.6 is 11.8 Å². The molecule has 0 aliphatic carbocycles. The maximum absolute atomic E-state index is 4.12. The van der Waals surface area contributed by atoms with Gasteiger partial charge in [0.05, 0.1) is 11.4 Å². The van der Waals surface area contributed by atoms with Gasteiger partial charge < -0.3 is 15.5 Å². The van der Waals surface area contributed by atoms with Crippen LogP contribution in [0.15, 0.2) is 30.3 Å². The number of hydrazine groups is 1. The lowest BCUT2D eigenvalue weighted by Crippen LogP contribution is -2.58. The van der Waals surface area contributed by atoms with Crippen LogP contribution in [0, 0.1) is 0 Å². The molecule has 20 heavy (non-hydrogen) atoms. The lowest BCUT2D eigenvalue weighted by Gasteiger charge is -2.46. The van der Waals surface area contributed by atoms with E-state index in [2.05, 4.69) is 39.3 Å². The molecular weight excluding hydrogens is 270 g/mol. The molecule has 2 saturated heterocycles. The van der Waals surface area contributed by atoms with Crippen molar-refractivity contribution in [1.82, 2.24) is 26.0 Å². The van der Waals surface area contributed by atoms with Gasteiger partial charge in [0.15, 0.2) is 0 Å². The summed E-state index contributed by atoms with van der Waals surface area (Å²) < 4.78 is 0. The summed E-state index contributed by atoms with van der Waals surface area (Å²) in [5.41, 5.74) is 7.52. The zero-order valence-electron chi connectivity index (χ0n) is 12.5. The van der Waals surface area contributed by atoms with Crippen molar-refractivity contribution in [2.24, 2.45) is 0 Å². The van der Waals surface area contributed by atoms with Crippen LogP contribution in [-0.2, 0) is 0 Å². The summed E-state index contributed by atoms with van der Waals surface area (Å²) in [4.78, 5) is 2.38. The van der Waals surface area contributed by atoms with Gasteiger partial charge in [0, 0.05) is 43.8 Å². The van der Waals surface area contributed by atoms with E-state index in [1.165, 1.54) is 5.70 Å². The molecule has 2 aliphatic heterocycles. The van der Waals surface area contributed by atoms with E-state index >= 15 is 0 Å². The fourth-order valence-corrected chi connectivity index (χ4v) is 4.01. The van der Waals surface area contributed by atoms with Gasteiger partial charge in [-0.15, -0.1) is 17.5 Å². The molecule has 3 atom stereocenters. The smallest absolute Gasteiger partial charge is 0.0964 e. The molecule has 2 fully saturated rings. The average molecular weight is 295 g/mol. The first kappa shape index (κ1) is 15.5. The summed E-state index contributed by atoms with van der Waals surface area (Å²) in [6.07, 6.45) is 4.06. The standard InChI is InChI=1S/C14H25N5S/c1-11-13(15-2)14-19(11)10-12(20-14)6-5-7-17-8-9-18(4)16-3/h6-7,12-17H,1,8-10H2,2-4H3/t5?,12-,13+,14?/m0/s1. The Hall–Kier alpha value is -0.910. The number of nitrogens with one attached hydrogen (secondary N) is 3. The number of fused-ring (bicyclic) bond motifs is 1. The molecular formula is C14H25N5S. The monoisotopic (exact) mass is 295 g/mol. The van der Waals surface area contributed by atoms with Gasteiger partial charge >= 0.3 is 0 Å². The Kier molecular flexibility index (Phi) is 5.57. The predicted molar refractivity (Wildman–Crippen MR) is 86.2 cm³/mol. The van der Waals surface area contributed by atoms with E-state index in [1.54, 1.807) is 0 Å². The number of thioether (sulfide) groups is 1. The number of hydrogen-bond donors (Lipinski definition) is 3. The van der Waals surface area contributed by atoms with E-state index in [0.29, 0.717) is 16.7 Å². The first-order valence-electron chi connectivity index (χ1n) is 6.98. The first-order chi connectivity index (χ1) is 9.67. The fourth-order valence-electron chi connectivity index (χ4n) is 2.43.